The molecule has 3 aromatic rings. The van der Waals surface area contributed by atoms with Crippen molar-refractivity contribution in [3.8, 4) is 0 Å². The van der Waals surface area contributed by atoms with Crippen LogP contribution in [0.4, 0.5) is 0 Å². The first-order chi connectivity index (χ1) is 12.2. The highest BCUT2D eigenvalue weighted by Crippen LogP contribution is 2.29. The molecular formula is C20H22N4O. The summed E-state index contributed by atoms with van der Waals surface area (Å²) in [5.74, 6) is 1.44. The molecule has 0 aliphatic carbocycles. The van der Waals surface area contributed by atoms with Gasteiger partial charge in [0.15, 0.2) is 0 Å². The lowest BCUT2D eigenvalue weighted by Crippen LogP contribution is -2.49. The van der Waals surface area contributed by atoms with Crippen LogP contribution < -0.4 is 0 Å². The molecule has 2 aromatic heterocycles. The number of likely N-dealkylation sites (tertiary alicyclic amines) is 1. The van der Waals surface area contributed by atoms with E-state index in [1.807, 2.05) is 41.4 Å². The van der Waals surface area contributed by atoms with Crippen molar-refractivity contribution in [2.75, 3.05) is 13.1 Å². The fourth-order valence-corrected chi connectivity index (χ4v) is 3.57. The van der Waals surface area contributed by atoms with Crippen LogP contribution in [0.1, 0.15) is 41.3 Å². The molecule has 0 N–H and O–H groups in total. The molecule has 0 saturated carbocycles. The van der Waals surface area contributed by atoms with Crippen molar-refractivity contribution in [1.29, 1.82) is 0 Å². The van der Waals surface area contributed by atoms with Crippen LogP contribution in [0.5, 0.6) is 0 Å². The van der Waals surface area contributed by atoms with E-state index in [-0.39, 0.29) is 5.91 Å². The Morgan fingerprint density at radius 2 is 2.00 bits per heavy atom. The molecule has 1 amide bonds. The summed E-state index contributed by atoms with van der Waals surface area (Å²) >= 11 is 0. The van der Waals surface area contributed by atoms with E-state index in [9.17, 15) is 4.79 Å². The SMILES string of the molecule is CCCn1c(C)cnc1C1CN(C(=O)c2nccc3ccccc23)C1. The number of imidazole rings is 1. The van der Waals surface area contributed by atoms with Crippen LogP contribution in [0, 0.1) is 6.92 Å². The highest BCUT2D eigenvalue weighted by atomic mass is 16.2. The van der Waals surface area contributed by atoms with Gasteiger partial charge in [0.2, 0.25) is 0 Å². The molecule has 0 unspecified atom stereocenters. The second-order valence-corrected chi connectivity index (χ2v) is 6.70. The number of aryl methyl sites for hydroxylation is 1. The van der Waals surface area contributed by atoms with Crippen molar-refractivity contribution >= 4 is 16.7 Å². The maximum Gasteiger partial charge on any atom is 0.273 e. The molecule has 0 bridgehead atoms. The molecule has 25 heavy (non-hydrogen) atoms. The molecule has 0 atom stereocenters. The number of benzene rings is 1. The summed E-state index contributed by atoms with van der Waals surface area (Å²) in [6, 6.07) is 9.84. The van der Waals surface area contributed by atoms with Gasteiger partial charge >= 0.3 is 0 Å². The zero-order valence-corrected chi connectivity index (χ0v) is 14.6. The molecule has 1 fully saturated rings. The molecule has 4 rings (SSSR count). The number of fused-ring (bicyclic) bond motifs is 1. The molecule has 5 nitrogen and oxygen atoms in total. The topological polar surface area (TPSA) is 51.0 Å². The number of hydrogen-bond donors (Lipinski definition) is 0. The fraction of sp³-hybridized carbons (Fsp3) is 0.350. The lowest BCUT2D eigenvalue weighted by atomic mass is 9.97. The van der Waals surface area contributed by atoms with Crippen molar-refractivity contribution in [1.82, 2.24) is 19.4 Å². The van der Waals surface area contributed by atoms with E-state index in [0.29, 0.717) is 24.7 Å². The van der Waals surface area contributed by atoms with E-state index in [0.717, 1.165) is 29.6 Å². The molecule has 1 saturated heterocycles. The smallest absolute Gasteiger partial charge is 0.273 e. The van der Waals surface area contributed by atoms with Gasteiger partial charge in [-0.2, -0.15) is 0 Å². The Kier molecular flexibility index (Phi) is 3.99. The number of carbonyl (C=O) groups excluding carboxylic acids is 1. The lowest BCUT2D eigenvalue weighted by Gasteiger charge is -2.39. The lowest BCUT2D eigenvalue weighted by molar-refractivity contribution is 0.0587. The normalized spacial score (nSPS) is 14.7. The van der Waals surface area contributed by atoms with Gasteiger partial charge in [-0.25, -0.2) is 4.98 Å². The number of pyridine rings is 1. The highest BCUT2D eigenvalue weighted by Gasteiger charge is 2.36. The molecule has 128 valence electrons. The Hall–Kier alpha value is -2.69. The molecule has 5 heteroatoms. The summed E-state index contributed by atoms with van der Waals surface area (Å²) < 4.78 is 2.28. The van der Waals surface area contributed by atoms with Gasteiger partial charge in [-0.1, -0.05) is 31.2 Å². The summed E-state index contributed by atoms with van der Waals surface area (Å²) in [6.07, 6.45) is 4.73. The number of aromatic nitrogens is 3. The minimum atomic E-state index is 0.0124. The summed E-state index contributed by atoms with van der Waals surface area (Å²) in [4.78, 5) is 23.7. The van der Waals surface area contributed by atoms with E-state index in [4.69, 9.17) is 0 Å². The van der Waals surface area contributed by atoms with Gasteiger partial charge in [-0.3, -0.25) is 9.78 Å². The van der Waals surface area contributed by atoms with Crippen LogP contribution in [0.2, 0.25) is 0 Å². The van der Waals surface area contributed by atoms with Gasteiger partial charge < -0.3 is 9.47 Å². The van der Waals surface area contributed by atoms with E-state index in [1.54, 1.807) is 6.20 Å². The summed E-state index contributed by atoms with van der Waals surface area (Å²) in [6.45, 7) is 6.67. The summed E-state index contributed by atoms with van der Waals surface area (Å²) in [5.41, 5.74) is 1.74. The Bertz CT molecular complexity index is 919. The zero-order valence-electron chi connectivity index (χ0n) is 14.6. The molecule has 0 radical (unpaired) electrons. The number of rotatable bonds is 4. The summed E-state index contributed by atoms with van der Waals surface area (Å²) in [7, 11) is 0. The Balaban J connectivity index is 1.53. The predicted molar refractivity (Wildman–Crippen MR) is 97.6 cm³/mol. The van der Waals surface area contributed by atoms with Crippen molar-refractivity contribution in [2.24, 2.45) is 0 Å². The monoisotopic (exact) mass is 334 g/mol. The first-order valence-corrected chi connectivity index (χ1v) is 8.84. The quantitative estimate of drug-likeness (QED) is 0.735. The van der Waals surface area contributed by atoms with Crippen LogP contribution >= 0.6 is 0 Å². The third-order valence-electron chi connectivity index (χ3n) is 4.94. The maximum absolute atomic E-state index is 12.9. The number of carbonyl (C=O) groups is 1. The van der Waals surface area contributed by atoms with Crippen LogP contribution in [0.3, 0.4) is 0 Å². The average Bonchev–Trinajstić information content (AvgIpc) is 2.94. The average molecular weight is 334 g/mol. The number of hydrogen-bond acceptors (Lipinski definition) is 3. The first-order valence-electron chi connectivity index (χ1n) is 8.84. The third-order valence-corrected chi connectivity index (χ3v) is 4.94. The largest absolute Gasteiger partial charge is 0.336 e. The van der Waals surface area contributed by atoms with E-state index in [1.165, 1.54) is 5.69 Å². The molecule has 3 heterocycles. The molecule has 1 aliphatic rings. The molecule has 0 spiro atoms. The van der Waals surface area contributed by atoms with Gasteiger partial charge in [0.1, 0.15) is 11.5 Å². The second-order valence-electron chi connectivity index (χ2n) is 6.70. The van der Waals surface area contributed by atoms with Gasteiger partial charge in [0.05, 0.1) is 5.92 Å². The fourth-order valence-electron chi connectivity index (χ4n) is 3.57. The van der Waals surface area contributed by atoms with E-state index >= 15 is 0 Å². The standard InChI is InChI=1S/C20H22N4O/c1-3-10-24-14(2)11-22-19(24)16-12-23(13-16)20(25)18-17-7-5-4-6-15(17)8-9-21-18/h4-9,11,16H,3,10,12-13H2,1-2H3. The van der Waals surface area contributed by atoms with Crippen LogP contribution in [0.15, 0.2) is 42.7 Å². The predicted octanol–water partition coefficient (Wildman–Crippen LogP) is 3.39. The number of nitrogens with zero attached hydrogens (tertiary/aromatic N) is 4. The molecule has 1 aliphatic heterocycles. The number of amides is 1. The molecular weight excluding hydrogens is 312 g/mol. The Morgan fingerprint density at radius 1 is 1.20 bits per heavy atom. The van der Waals surface area contributed by atoms with E-state index in [2.05, 4.69) is 28.4 Å². The Labute approximate surface area is 147 Å². The zero-order chi connectivity index (χ0) is 17.4. The van der Waals surface area contributed by atoms with Crippen LogP contribution in [-0.4, -0.2) is 38.4 Å². The van der Waals surface area contributed by atoms with Crippen LogP contribution in [0.25, 0.3) is 10.8 Å². The van der Waals surface area contributed by atoms with Gasteiger partial charge in [-0.05, 0) is 24.8 Å². The van der Waals surface area contributed by atoms with E-state index < -0.39 is 0 Å². The van der Waals surface area contributed by atoms with Gasteiger partial charge in [0, 0.05) is 43.1 Å². The Morgan fingerprint density at radius 3 is 2.80 bits per heavy atom. The van der Waals surface area contributed by atoms with Crippen LogP contribution in [-0.2, 0) is 6.54 Å². The van der Waals surface area contributed by atoms with Crippen molar-refractivity contribution in [3.63, 3.8) is 0 Å². The highest BCUT2D eigenvalue weighted by molar-refractivity contribution is 6.05. The maximum atomic E-state index is 12.9. The van der Waals surface area contributed by atoms with Crippen molar-refractivity contribution in [2.45, 2.75) is 32.7 Å². The minimum Gasteiger partial charge on any atom is -0.336 e. The second kappa shape index (κ2) is 6.31. The van der Waals surface area contributed by atoms with Crippen molar-refractivity contribution in [3.05, 3.63) is 59.9 Å². The first kappa shape index (κ1) is 15.8. The van der Waals surface area contributed by atoms with Crippen molar-refractivity contribution < 1.29 is 4.79 Å². The summed E-state index contributed by atoms with van der Waals surface area (Å²) in [5, 5.41) is 1.97. The minimum absolute atomic E-state index is 0.0124. The van der Waals surface area contributed by atoms with Gasteiger partial charge in [-0.15, -0.1) is 0 Å². The van der Waals surface area contributed by atoms with Gasteiger partial charge in [0.25, 0.3) is 5.91 Å². The molecule has 1 aromatic carbocycles. The third kappa shape index (κ3) is 2.69.